The van der Waals surface area contributed by atoms with Crippen molar-refractivity contribution in [3.63, 3.8) is 0 Å². The van der Waals surface area contributed by atoms with Gasteiger partial charge in [-0.3, -0.25) is 0 Å². The van der Waals surface area contributed by atoms with Gasteiger partial charge in [0.05, 0.1) is 25.9 Å². The molecule has 1 atom stereocenters. The summed E-state index contributed by atoms with van der Waals surface area (Å²) in [4.78, 5) is 13.0. The Balaban J connectivity index is 1.19. The molecule has 0 heterocycles. The fourth-order valence-electron chi connectivity index (χ4n) is 5.13. The maximum absolute atomic E-state index is 13.0. The van der Waals surface area contributed by atoms with Crippen LogP contribution in [0.5, 0.6) is 5.75 Å². The summed E-state index contributed by atoms with van der Waals surface area (Å²) in [5, 5.41) is 12.0. The van der Waals surface area contributed by atoms with Crippen LogP contribution in [0.25, 0.3) is 11.1 Å². The molecule has 0 fully saturated rings. The maximum atomic E-state index is 13.0. The van der Waals surface area contributed by atoms with Crippen LogP contribution in [0.4, 0.5) is 4.79 Å². The Morgan fingerprint density at radius 2 is 1.46 bits per heavy atom. The fraction of sp³-hybridized carbons (Fsp3) is 0.229. The van der Waals surface area contributed by atoms with Crippen LogP contribution in [0.2, 0.25) is 0 Å². The van der Waals surface area contributed by atoms with E-state index in [2.05, 4.69) is 29.6 Å². The quantitative estimate of drug-likeness (QED) is 0.152. The second-order valence-electron chi connectivity index (χ2n) is 9.98. The molecule has 1 aliphatic carbocycles. The van der Waals surface area contributed by atoms with Crippen LogP contribution in [0, 0.1) is 0 Å². The zero-order valence-electron chi connectivity index (χ0n) is 22.9. The van der Waals surface area contributed by atoms with Crippen molar-refractivity contribution in [2.45, 2.75) is 25.0 Å². The van der Waals surface area contributed by atoms with Gasteiger partial charge in [0.2, 0.25) is 0 Å². The first-order valence-electron chi connectivity index (χ1n) is 13.9. The first-order valence-corrected chi connectivity index (χ1v) is 13.9. The summed E-state index contributed by atoms with van der Waals surface area (Å²) in [7, 11) is 0. The maximum Gasteiger partial charge on any atom is 0.407 e. The van der Waals surface area contributed by atoms with Gasteiger partial charge in [0.15, 0.2) is 0 Å². The molecule has 41 heavy (non-hydrogen) atoms. The lowest BCUT2D eigenvalue weighted by atomic mass is 9.98. The van der Waals surface area contributed by atoms with Gasteiger partial charge >= 0.3 is 6.09 Å². The van der Waals surface area contributed by atoms with E-state index in [0.717, 1.165) is 16.9 Å². The number of aliphatic hydroxyl groups excluding tert-OH is 1. The molecule has 6 nitrogen and oxygen atoms in total. The summed E-state index contributed by atoms with van der Waals surface area (Å²) >= 11 is 0. The number of nitrogens with one attached hydrogen (secondary N) is 1. The largest absolute Gasteiger partial charge is 0.489 e. The number of benzene rings is 4. The van der Waals surface area contributed by atoms with Gasteiger partial charge in [-0.1, -0.05) is 103 Å². The minimum Gasteiger partial charge on any atom is -0.489 e. The molecule has 0 unspecified atom stereocenters. The van der Waals surface area contributed by atoms with Crippen LogP contribution in [0.15, 0.2) is 115 Å². The Labute approximate surface area is 241 Å². The van der Waals surface area contributed by atoms with Crippen molar-refractivity contribution in [3.8, 4) is 16.9 Å². The van der Waals surface area contributed by atoms with E-state index in [1.165, 1.54) is 22.3 Å². The van der Waals surface area contributed by atoms with Crippen LogP contribution < -0.4 is 10.1 Å². The number of aliphatic hydroxyl groups is 1. The molecule has 0 spiro atoms. The highest BCUT2D eigenvalue weighted by molar-refractivity contribution is 5.79. The number of ether oxygens (including phenoxy) is 3. The third-order valence-corrected chi connectivity index (χ3v) is 7.12. The van der Waals surface area contributed by atoms with Crippen molar-refractivity contribution < 1.29 is 24.1 Å². The monoisotopic (exact) mass is 549 g/mol. The highest BCUT2D eigenvalue weighted by atomic mass is 16.5. The normalized spacial score (nSPS) is 13.0. The molecule has 210 valence electrons. The number of hydrogen-bond acceptors (Lipinski definition) is 5. The van der Waals surface area contributed by atoms with Crippen LogP contribution >= 0.6 is 0 Å². The lowest BCUT2D eigenvalue weighted by Crippen LogP contribution is -2.40. The summed E-state index contributed by atoms with van der Waals surface area (Å²) in [5.41, 5.74) is 6.87. The lowest BCUT2D eigenvalue weighted by Gasteiger charge is -2.20. The van der Waals surface area contributed by atoms with Crippen LogP contribution in [0.3, 0.4) is 0 Å². The summed E-state index contributed by atoms with van der Waals surface area (Å²) < 4.78 is 17.4. The molecular weight excluding hydrogens is 514 g/mol. The van der Waals surface area contributed by atoms with Crippen molar-refractivity contribution in [1.82, 2.24) is 5.32 Å². The molecule has 4 aromatic rings. The number of fused-ring (bicyclic) bond motifs is 3. The average molecular weight is 550 g/mol. The van der Waals surface area contributed by atoms with Crippen LogP contribution in [-0.2, 0) is 22.5 Å². The van der Waals surface area contributed by atoms with Gasteiger partial charge in [-0.15, -0.1) is 0 Å². The molecule has 1 aliphatic rings. The van der Waals surface area contributed by atoms with Gasteiger partial charge in [0.25, 0.3) is 0 Å². The second-order valence-corrected chi connectivity index (χ2v) is 9.98. The Morgan fingerprint density at radius 1 is 0.805 bits per heavy atom. The first-order chi connectivity index (χ1) is 20.2. The van der Waals surface area contributed by atoms with Gasteiger partial charge < -0.3 is 24.6 Å². The molecule has 0 radical (unpaired) electrons. The van der Waals surface area contributed by atoms with Crippen LogP contribution in [0.1, 0.15) is 28.2 Å². The topological polar surface area (TPSA) is 77.0 Å². The molecule has 6 heteroatoms. The van der Waals surface area contributed by atoms with Crippen molar-refractivity contribution >= 4 is 6.09 Å². The van der Waals surface area contributed by atoms with Gasteiger partial charge in [0.1, 0.15) is 19.0 Å². The minimum absolute atomic E-state index is 0.00472. The smallest absolute Gasteiger partial charge is 0.407 e. The van der Waals surface area contributed by atoms with E-state index in [0.29, 0.717) is 26.2 Å². The third kappa shape index (κ3) is 7.63. The van der Waals surface area contributed by atoms with Crippen LogP contribution in [-0.4, -0.2) is 43.7 Å². The zero-order chi connectivity index (χ0) is 28.3. The van der Waals surface area contributed by atoms with Gasteiger partial charge in [-0.05, 0) is 51.9 Å². The van der Waals surface area contributed by atoms with Gasteiger partial charge in [0, 0.05) is 5.92 Å². The number of carbonyl (C=O) groups excluding carboxylic acids is 1. The zero-order valence-corrected chi connectivity index (χ0v) is 22.9. The van der Waals surface area contributed by atoms with Crippen molar-refractivity contribution in [1.29, 1.82) is 0 Å². The molecular formula is C35H35NO5. The predicted molar refractivity (Wildman–Crippen MR) is 160 cm³/mol. The summed E-state index contributed by atoms with van der Waals surface area (Å²) in [6, 6.07) is 34.2. The Kier molecular flexibility index (Phi) is 9.82. The van der Waals surface area contributed by atoms with Crippen molar-refractivity contribution in [3.05, 3.63) is 138 Å². The van der Waals surface area contributed by atoms with E-state index < -0.39 is 6.09 Å². The molecule has 4 aromatic carbocycles. The van der Waals surface area contributed by atoms with E-state index in [1.54, 1.807) is 12.2 Å². The van der Waals surface area contributed by atoms with Gasteiger partial charge in [-0.2, -0.15) is 0 Å². The lowest BCUT2D eigenvalue weighted by molar-refractivity contribution is 0.112. The van der Waals surface area contributed by atoms with E-state index in [-0.39, 0.29) is 25.2 Å². The first kappa shape index (κ1) is 28.1. The minimum atomic E-state index is -0.478. The third-order valence-electron chi connectivity index (χ3n) is 7.12. The molecule has 0 bridgehead atoms. The molecule has 5 rings (SSSR count). The summed E-state index contributed by atoms with van der Waals surface area (Å²) in [6.45, 7) is 1.35. The second kappa shape index (κ2) is 14.3. The highest BCUT2D eigenvalue weighted by Crippen LogP contribution is 2.44. The van der Waals surface area contributed by atoms with Crippen molar-refractivity contribution in [2.75, 3.05) is 26.4 Å². The van der Waals surface area contributed by atoms with Crippen molar-refractivity contribution in [2.24, 2.45) is 0 Å². The molecule has 1 amide bonds. The summed E-state index contributed by atoms with van der Waals surface area (Å²) in [5.74, 6) is 0.777. The van der Waals surface area contributed by atoms with E-state index in [4.69, 9.17) is 19.3 Å². The van der Waals surface area contributed by atoms with Gasteiger partial charge in [-0.25, -0.2) is 4.79 Å². The standard InChI is InChI=1S/C35H35NO5/c37-20-8-9-21-39-24-28(22-26-16-18-29(19-17-26)40-23-27-10-2-1-3-11-27)36-35(38)41-25-34-32-14-6-4-12-30(32)31-13-5-7-15-33(31)34/h1-19,28,34,37H,20-25H2,(H,36,38)/b9-8-/t28-/m0/s1. The number of alkyl carbamates (subject to hydrolysis) is 1. The number of rotatable bonds is 13. The number of carbonyl (C=O) groups is 1. The van der Waals surface area contributed by atoms with E-state index in [9.17, 15) is 4.79 Å². The molecule has 0 aliphatic heterocycles. The Bertz CT molecular complexity index is 1390. The number of amides is 1. The molecule has 0 saturated heterocycles. The summed E-state index contributed by atoms with van der Waals surface area (Å²) in [6.07, 6.45) is 3.47. The fourth-order valence-corrected chi connectivity index (χ4v) is 5.13. The SMILES string of the molecule is O=C(N[C@H](COC/C=C\CO)Cc1ccc(OCc2ccccc2)cc1)OCC1c2ccccc2-c2ccccc21. The Morgan fingerprint density at radius 3 is 2.15 bits per heavy atom. The molecule has 2 N–H and O–H groups in total. The highest BCUT2D eigenvalue weighted by Gasteiger charge is 2.29. The molecule has 0 aromatic heterocycles. The number of hydrogen-bond donors (Lipinski definition) is 2. The predicted octanol–water partition coefficient (Wildman–Crippen LogP) is 6.28. The molecule has 0 saturated carbocycles. The Hall–Kier alpha value is -4.39. The average Bonchev–Trinajstić information content (AvgIpc) is 3.33. The van der Waals surface area contributed by atoms with E-state index >= 15 is 0 Å². The van der Waals surface area contributed by atoms with E-state index in [1.807, 2.05) is 78.9 Å².